The lowest BCUT2D eigenvalue weighted by Gasteiger charge is -2.15. The number of hydrogen-bond donors (Lipinski definition) is 2. The molecule has 4 rings (SSSR count). The van der Waals surface area contributed by atoms with Crippen LogP contribution in [0.15, 0.2) is 22.8 Å². The van der Waals surface area contributed by atoms with Gasteiger partial charge in [0.2, 0.25) is 0 Å². The molecule has 1 aliphatic carbocycles. The summed E-state index contributed by atoms with van der Waals surface area (Å²) in [6.45, 7) is 0. The standard InChI is InChI=1S/C18H20N2O5S2/c21-16(13-5-3-8-25-13)20-18-15(12-4-1-2-6-14(12)26-18)17(22)19-11-7-9-27(23,24)10-11/h3,5,8,11H,1-2,4,6-7,9-10H2,(H,19,22)(H,20,21). The van der Waals surface area contributed by atoms with Gasteiger partial charge in [-0.15, -0.1) is 11.3 Å². The van der Waals surface area contributed by atoms with Gasteiger partial charge in [0.1, 0.15) is 5.00 Å². The van der Waals surface area contributed by atoms with E-state index in [-0.39, 0.29) is 29.2 Å². The van der Waals surface area contributed by atoms with E-state index in [0.717, 1.165) is 36.1 Å². The van der Waals surface area contributed by atoms with Crippen LogP contribution in [0.4, 0.5) is 5.00 Å². The van der Waals surface area contributed by atoms with Crippen LogP contribution in [0.5, 0.6) is 0 Å². The van der Waals surface area contributed by atoms with E-state index in [1.807, 2.05) is 0 Å². The van der Waals surface area contributed by atoms with Gasteiger partial charge in [-0.05, 0) is 49.8 Å². The molecule has 1 fully saturated rings. The number of rotatable bonds is 4. The number of sulfone groups is 1. The van der Waals surface area contributed by atoms with Crippen molar-refractivity contribution < 1.29 is 22.4 Å². The summed E-state index contributed by atoms with van der Waals surface area (Å²) >= 11 is 1.42. The third-order valence-corrected chi connectivity index (χ3v) is 7.91. The molecule has 3 heterocycles. The van der Waals surface area contributed by atoms with Gasteiger partial charge in [0.25, 0.3) is 11.8 Å². The first-order chi connectivity index (χ1) is 12.9. The van der Waals surface area contributed by atoms with Crippen LogP contribution in [0.1, 0.15) is 50.6 Å². The molecule has 2 aromatic rings. The smallest absolute Gasteiger partial charge is 0.291 e. The van der Waals surface area contributed by atoms with Crippen molar-refractivity contribution in [2.24, 2.45) is 0 Å². The molecule has 1 atom stereocenters. The van der Waals surface area contributed by atoms with Crippen LogP contribution in [0, 0.1) is 0 Å². The number of hydrogen-bond acceptors (Lipinski definition) is 6. The van der Waals surface area contributed by atoms with Crippen LogP contribution in [0.3, 0.4) is 0 Å². The van der Waals surface area contributed by atoms with E-state index in [4.69, 9.17) is 4.42 Å². The van der Waals surface area contributed by atoms with Crippen LogP contribution in [0.25, 0.3) is 0 Å². The lowest BCUT2D eigenvalue weighted by Crippen LogP contribution is -2.36. The van der Waals surface area contributed by atoms with Gasteiger partial charge in [0.15, 0.2) is 15.6 Å². The van der Waals surface area contributed by atoms with E-state index in [0.29, 0.717) is 17.0 Å². The molecule has 1 unspecified atom stereocenters. The Morgan fingerprint density at radius 3 is 2.70 bits per heavy atom. The van der Waals surface area contributed by atoms with Gasteiger partial charge in [0.05, 0.1) is 23.3 Å². The van der Waals surface area contributed by atoms with Crippen molar-refractivity contribution in [1.29, 1.82) is 0 Å². The van der Waals surface area contributed by atoms with Crippen LogP contribution < -0.4 is 10.6 Å². The Hall–Kier alpha value is -2.13. The zero-order valence-electron chi connectivity index (χ0n) is 14.6. The molecule has 0 radical (unpaired) electrons. The first-order valence-corrected chi connectivity index (χ1v) is 11.6. The first-order valence-electron chi connectivity index (χ1n) is 8.93. The minimum Gasteiger partial charge on any atom is -0.459 e. The Bertz CT molecular complexity index is 976. The summed E-state index contributed by atoms with van der Waals surface area (Å²) in [6.07, 6.45) is 5.56. The Balaban J connectivity index is 1.61. The molecule has 9 heteroatoms. The molecule has 7 nitrogen and oxygen atoms in total. The molecule has 1 aliphatic heterocycles. The third kappa shape index (κ3) is 3.79. The second-order valence-electron chi connectivity index (χ2n) is 6.92. The molecule has 144 valence electrons. The molecule has 2 amide bonds. The molecule has 2 aromatic heterocycles. The van der Waals surface area contributed by atoms with Crippen molar-refractivity contribution in [3.63, 3.8) is 0 Å². The van der Waals surface area contributed by atoms with Crippen molar-refractivity contribution in [1.82, 2.24) is 5.32 Å². The summed E-state index contributed by atoms with van der Waals surface area (Å²) in [7, 11) is -3.08. The Labute approximate surface area is 161 Å². The van der Waals surface area contributed by atoms with E-state index in [1.54, 1.807) is 12.1 Å². The summed E-state index contributed by atoms with van der Waals surface area (Å²) in [5, 5.41) is 6.15. The van der Waals surface area contributed by atoms with Crippen molar-refractivity contribution in [3.8, 4) is 0 Å². The Kier molecular flexibility index (Phi) is 4.81. The second kappa shape index (κ2) is 7.12. The average molecular weight is 409 g/mol. The topological polar surface area (TPSA) is 105 Å². The number of fused-ring (bicyclic) bond motifs is 1. The lowest BCUT2D eigenvalue weighted by atomic mass is 9.95. The maximum Gasteiger partial charge on any atom is 0.291 e. The predicted octanol–water partition coefficient (Wildman–Crippen LogP) is 2.39. The molecule has 0 saturated carbocycles. The number of carbonyl (C=O) groups excluding carboxylic acids is 2. The van der Waals surface area contributed by atoms with Gasteiger partial charge < -0.3 is 15.1 Å². The highest BCUT2D eigenvalue weighted by Gasteiger charge is 2.32. The predicted molar refractivity (Wildman–Crippen MR) is 102 cm³/mol. The molecular weight excluding hydrogens is 388 g/mol. The molecule has 0 bridgehead atoms. The molecule has 2 N–H and O–H groups in total. The summed E-state index contributed by atoms with van der Waals surface area (Å²) in [5.41, 5.74) is 1.44. The van der Waals surface area contributed by atoms with Crippen molar-refractivity contribution in [3.05, 3.63) is 40.2 Å². The molecule has 27 heavy (non-hydrogen) atoms. The summed E-state index contributed by atoms with van der Waals surface area (Å²) < 4.78 is 28.5. The molecule has 0 aromatic carbocycles. The van der Waals surface area contributed by atoms with Gasteiger partial charge in [-0.2, -0.15) is 0 Å². The molecule has 2 aliphatic rings. The SMILES string of the molecule is O=C(Nc1sc2c(c1C(=O)NC1CCS(=O)(=O)C1)CCCC2)c1ccco1. The molecule has 1 saturated heterocycles. The van der Waals surface area contributed by atoms with Crippen LogP contribution >= 0.6 is 11.3 Å². The minimum absolute atomic E-state index is 0.0286. The highest BCUT2D eigenvalue weighted by molar-refractivity contribution is 7.91. The van der Waals surface area contributed by atoms with Crippen molar-refractivity contribution >= 4 is 38.0 Å². The van der Waals surface area contributed by atoms with E-state index in [1.165, 1.54) is 17.6 Å². The fraction of sp³-hybridized carbons (Fsp3) is 0.444. The van der Waals surface area contributed by atoms with Gasteiger partial charge >= 0.3 is 0 Å². The first kappa shape index (κ1) is 18.2. The third-order valence-electron chi connectivity index (χ3n) is 4.94. The number of carbonyl (C=O) groups is 2. The van der Waals surface area contributed by atoms with Crippen LogP contribution in [0.2, 0.25) is 0 Å². The highest BCUT2D eigenvalue weighted by atomic mass is 32.2. The molecular formula is C18H20N2O5S2. The zero-order valence-corrected chi connectivity index (χ0v) is 16.2. The number of nitrogens with one attached hydrogen (secondary N) is 2. The van der Waals surface area contributed by atoms with Crippen LogP contribution in [-0.4, -0.2) is 37.8 Å². The summed E-state index contributed by atoms with van der Waals surface area (Å²) in [6, 6.07) is 2.81. The quantitative estimate of drug-likeness (QED) is 0.808. The van der Waals surface area contributed by atoms with E-state index >= 15 is 0 Å². The fourth-order valence-electron chi connectivity index (χ4n) is 3.63. The fourth-order valence-corrected chi connectivity index (χ4v) is 6.59. The monoisotopic (exact) mass is 408 g/mol. The lowest BCUT2D eigenvalue weighted by molar-refractivity contribution is 0.0941. The number of furan rings is 1. The number of thiophene rings is 1. The van der Waals surface area contributed by atoms with Gasteiger partial charge in [-0.25, -0.2) is 8.42 Å². The maximum absolute atomic E-state index is 13.0. The Morgan fingerprint density at radius 1 is 1.19 bits per heavy atom. The summed E-state index contributed by atoms with van der Waals surface area (Å²) in [4.78, 5) is 26.5. The van der Waals surface area contributed by atoms with Crippen molar-refractivity contribution in [2.75, 3.05) is 16.8 Å². The van der Waals surface area contributed by atoms with Crippen LogP contribution in [-0.2, 0) is 22.7 Å². The van der Waals surface area contributed by atoms with Gasteiger partial charge in [0, 0.05) is 10.9 Å². The Morgan fingerprint density at radius 2 is 2.00 bits per heavy atom. The van der Waals surface area contributed by atoms with E-state index in [9.17, 15) is 18.0 Å². The highest BCUT2D eigenvalue weighted by Crippen LogP contribution is 2.38. The van der Waals surface area contributed by atoms with Gasteiger partial charge in [-0.1, -0.05) is 0 Å². The number of anilines is 1. The van der Waals surface area contributed by atoms with Gasteiger partial charge in [-0.3, -0.25) is 9.59 Å². The summed E-state index contributed by atoms with van der Waals surface area (Å²) in [5.74, 6) is -0.474. The minimum atomic E-state index is -3.08. The normalized spacial score (nSPS) is 20.8. The van der Waals surface area contributed by atoms with E-state index < -0.39 is 15.7 Å². The number of aryl methyl sites for hydroxylation is 1. The molecule has 0 spiro atoms. The largest absolute Gasteiger partial charge is 0.459 e. The zero-order chi connectivity index (χ0) is 19.0. The second-order valence-corrected chi connectivity index (χ2v) is 10.3. The van der Waals surface area contributed by atoms with E-state index in [2.05, 4.69) is 10.6 Å². The average Bonchev–Trinajstić information content (AvgIpc) is 3.33. The number of amides is 2. The van der Waals surface area contributed by atoms with Crippen molar-refractivity contribution in [2.45, 2.75) is 38.1 Å². The maximum atomic E-state index is 13.0.